The Hall–Kier alpha value is -0.0900. The Kier molecular flexibility index (Phi) is 2.90. The van der Waals surface area contributed by atoms with Gasteiger partial charge in [0.2, 0.25) is 0 Å². The Bertz CT molecular complexity index is 269. The summed E-state index contributed by atoms with van der Waals surface area (Å²) in [7, 11) is 0. The molecule has 0 aromatic heterocycles. The molecule has 1 aromatic rings. The van der Waals surface area contributed by atoms with Crippen LogP contribution in [0.1, 0.15) is 16.7 Å². The van der Waals surface area contributed by atoms with Crippen molar-refractivity contribution >= 4 is 22.6 Å². The van der Waals surface area contributed by atoms with Crippen LogP contribution in [-0.4, -0.2) is 5.11 Å². The van der Waals surface area contributed by atoms with E-state index in [1.807, 2.05) is 13.0 Å². The zero-order valence-electron chi connectivity index (χ0n) is 6.69. The number of rotatable bonds is 1. The number of benzene rings is 1. The lowest BCUT2D eigenvalue weighted by Gasteiger charge is -2.07. The minimum absolute atomic E-state index is 0.145. The van der Waals surface area contributed by atoms with E-state index < -0.39 is 0 Å². The molecule has 0 fully saturated rings. The molecule has 0 aliphatic heterocycles. The highest BCUT2D eigenvalue weighted by atomic mass is 127. The van der Waals surface area contributed by atoms with Crippen LogP contribution in [0, 0.1) is 17.4 Å². The third-order valence-corrected chi connectivity index (χ3v) is 2.98. The second-order valence-corrected chi connectivity index (χ2v) is 3.79. The topological polar surface area (TPSA) is 20.2 Å². The summed E-state index contributed by atoms with van der Waals surface area (Å²) in [6.07, 6.45) is 0. The summed E-state index contributed by atoms with van der Waals surface area (Å²) < 4.78 is 1.15. The molecule has 0 unspecified atom stereocenters. The van der Waals surface area contributed by atoms with E-state index in [9.17, 15) is 0 Å². The van der Waals surface area contributed by atoms with Gasteiger partial charge in [-0.1, -0.05) is 6.07 Å². The van der Waals surface area contributed by atoms with Crippen LogP contribution in [-0.2, 0) is 6.61 Å². The van der Waals surface area contributed by atoms with Crippen molar-refractivity contribution in [1.82, 2.24) is 0 Å². The van der Waals surface area contributed by atoms with E-state index in [1.54, 1.807) is 0 Å². The average Bonchev–Trinajstić information content (AvgIpc) is 1.99. The number of aliphatic hydroxyl groups is 1. The summed E-state index contributed by atoms with van der Waals surface area (Å²) in [5, 5.41) is 9.02. The van der Waals surface area contributed by atoms with Crippen LogP contribution in [0.25, 0.3) is 0 Å². The Morgan fingerprint density at radius 2 is 2.00 bits per heavy atom. The van der Waals surface area contributed by atoms with Crippen molar-refractivity contribution < 1.29 is 5.11 Å². The van der Waals surface area contributed by atoms with E-state index >= 15 is 0 Å². The zero-order chi connectivity index (χ0) is 8.43. The summed E-state index contributed by atoms with van der Waals surface area (Å²) in [6, 6.07) is 4.12. The van der Waals surface area contributed by atoms with Crippen LogP contribution in [0.3, 0.4) is 0 Å². The van der Waals surface area contributed by atoms with Crippen LogP contribution in [0.4, 0.5) is 0 Å². The van der Waals surface area contributed by atoms with Gasteiger partial charge in [0.15, 0.2) is 0 Å². The highest BCUT2D eigenvalue weighted by Crippen LogP contribution is 2.19. The Morgan fingerprint density at radius 1 is 1.36 bits per heavy atom. The molecule has 0 saturated carbocycles. The summed E-state index contributed by atoms with van der Waals surface area (Å²) in [4.78, 5) is 0. The lowest BCUT2D eigenvalue weighted by Crippen LogP contribution is -1.94. The van der Waals surface area contributed by atoms with Gasteiger partial charge in [0, 0.05) is 3.57 Å². The molecule has 1 N–H and O–H groups in total. The number of hydrogen-bond donors (Lipinski definition) is 1. The van der Waals surface area contributed by atoms with Crippen LogP contribution in [0.2, 0.25) is 0 Å². The van der Waals surface area contributed by atoms with Gasteiger partial charge in [-0.3, -0.25) is 0 Å². The quantitative estimate of drug-likeness (QED) is 0.770. The zero-order valence-corrected chi connectivity index (χ0v) is 8.84. The molecule has 0 amide bonds. The van der Waals surface area contributed by atoms with Crippen LogP contribution in [0.5, 0.6) is 0 Å². The molecule has 11 heavy (non-hydrogen) atoms. The van der Waals surface area contributed by atoms with Crippen LogP contribution >= 0.6 is 22.6 Å². The van der Waals surface area contributed by atoms with Gasteiger partial charge >= 0.3 is 0 Å². The van der Waals surface area contributed by atoms with Crippen LogP contribution < -0.4 is 0 Å². The molecule has 0 heterocycles. The average molecular weight is 262 g/mol. The molecule has 0 spiro atoms. The van der Waals surface area contributed by atoms with Gasteiger partial charge in [0.1, 0.15) is 0 Å². The fraction of sp³-hybridized carbons (Fsp3) is 0.333. The van der Waals surface area contributed by atoms with E-state index in [4.69, 9.17) is 5.11 Å². The molecule has 1 aromatic carbocycles. The minimum atomic E-state index is 0.145. The maximum absolute atomic E-state index is 9.02. The molecule has 0 aliphatic rings. The largest absolute Gasteiger partial charge is 0.392 e. The van der Waals surface area contributed by atoms with Gasteiger partial charge in [-0.15, -0.1) is 0 Å². The fourth-order valence-electron chi connectivity index (χ4n) is 1.03. The molecule has 1 rings (SSSR count). The molecule has 0 bridgehead atoms. The first-order valence-corrected chi connectivity index (χ1v) is 4.60. The fourth-order valence-corrected chi connectivity index (χ4v) is 1.79. The molecule has 0 atom stereocenters. The van der Waals surface area contributed by atoms with Crippen LogP contribution in [0.15, 0.2) is 12.1 Å². The third-order valence-electron chi connectivity index (χ3n) is 1.97. The number of hydrogen-bond acceptors (Lipinski definition) is 1. The molecular weight excluding hydrogens is 251 g/mol. The number of aliphatic hydroxyl groups excluding tert-OH is 1. The normalized spacial score (nSPS) is 10.2. The van der Waals surface area contributed by atoms with Crippen molar-refractivity contribution in [3.8, 4) is 0 Å². The predicted molar refractivity (Wildman–Crippen MR) is 54.6 cm³/mol. The summed E-state index contributed by atoms with van der Waals surface area (Å²) in [5.41, 5.74) is 3.51. The second-order valence-electron chi connectivity index (χ2n) is 2.63. The van der Waals surface area contributed by atoms with Crippen molar-refractivity contribution in [2.45, 2.75) is 20.5 Å². The van der Waals surface area contributed by atoms with E-state index in [-0.39, 0.29) is 6.61 Å². The minimum Gasteiger partial charge on any atom is -0.392 e. The first kappa shape index (κ1) is 9.00. The van der Waals surface area contributed by atoms with E-state index in [2.05, 4.69) is 35.6 Å². The standard InChI is InChI=1S/C9H11IO/c1-6-3-4-9(10)8(5-11)7(6)2/h3-4,11H,5H2,1-2H3. The van der Waals surface area contributed by atoms with Gasteiger partial charge < -0.3 is 5.11 Å². The van der Waals surface area contributed by atoms with Gasteiger partial charge in [0.05, 0.1) is 6.61 Å². The summed E-state index contributed by atoms with van der Waals surface area (Å²) >= 11 is 2.24. The Morgan fingerprint density at radius 3 is 2.45 bits per heavy atom. The highest BCUT2D eigenvalue weighted by molar-refractivity contribution is 14.1. The van der Waals surface area contributed by atoms with E-state index in [0.29, 0.717) is 0 Å². The van der Waals surface area contributed by atoms with Crippen molar-refractivity contribution in [3.63, 3.8) is 0 Å². The monoisotopic (exact) mass is 262 g/mol. The second kappa shape index (κ2) is 3.54. The summed E-state index contributed by atoms with van der Waals surface area (Å²) in [6.45, 7) is 4.25. The molecule has 0 radical (unpaired) electrons. The maximum Gasteiger partial charge on any atom is 0.0694 e. The van der Waals surface area contributed by atoms with E-state index in [0.717, 1.165) is 9.13 Å². The third kappa shape index (κ3) is 1.73. The molecule has 60 valence electrons. The predicted octanol–water partition coefficient (Wildman–Crippen LogP) is 2.40. The van der Waals surface area contributed by atoms with E-state index in [1.165, 1.54) is 11.1 Å². The van der Waals surface area contributed by atoms with Crippen molar-refractivity contribution in [2.75, 3.05) is 0 Å². The number of halogens is 1. The maximum atomic E-state index is 9.02. The highest BCUT2D eigenvalue weighted by Gasteiger charge is 2.03. The Labute approximate surface area is 80.6 Å². The molecular formula is C9H11IO. The van der Waals surface area contributed by atoms with Crippen molar-refractivity contribution in [1.29, 1.82) is 0 Å². The van der Waals surface area contributed by atoms with Crippen molar-refractivity contribution in [2.24, 2.45) is 0 Å². The SMILES string of the molecule is Cc1ccc(I)c(CO)c1C. The lowest BCUT2D eigenvalue weighted by molar-refractivity contribution is 0.280. The lowest BCUT2D eigenvalue weighted by atomic mass is 10.0. The van der Waals surface area contributed by atoms with Gasteiger partial charge in [-0.2, -0.15) is 0 Å². The first-order chi connectivity index (χ1) is 5.16. The Balaban J connectivity index is 3.29. The molecule has 0 aliphatic carbocycles. The summed E-state index contributed by atoms with van der Waals surface area (Å²) in [5.74, 6) is 0. The first-order valence-electron chi connectivity index (χ1n) is 3.52. The molecule has 2 heteroatoms. The van der Waals surface area contributed by atoms with Gasteiger partial charge in [-0.25, -0.2) is 0 Å². The smallest absolute Gasteiger partial charge is 0.0694 e. The van der Waals surface area contributed by atoms with Gasteiger partial charge in [-0.05, 0) is 59.2 Å². The number of aryl methyl sites for hydroxylation is 1. The van der Waals surface area contributed by atoms with Crippen molar-refractivity contribution in [3.05, 3.63) is 32.4 Å². The molecule has 1 nitrogen and oxygen atoms in total. The molecule has 0 saturated heterocycles. The van der Waals surface area contributed by atoms with Gasteiger partial charge in [0.25, 0.3) is 0 Å².